The highest BCUT2D eigenvalue weighted by Crippen LogP contribution is 2.35. The smallest absolute Gasteiger partial charge is 0.355 e. The summed E-state index contributed by atoms with van der Waals surface area (Å²) in [5.41, 5.74) is 3.47. The van der Waals surface area contributed by atoms with Gasteiger partial charge in [-0.15, -0.1) is 11.3 Å². The third-order valence-electron chi connectivity index (χ3n) is 3.51. The lowest BCUT2D eigenvalue weighted by Crippen LogP contribution is -2.31. The average Bonchev–Trinajstić information content (AvgIpc) is 3.00. The predicted molar refractivity (Wildman–Crippen MR) is 115 cm³/mol. The first-order valence-electron chi connectivity index (χ1n) is 8.14. The number of carbonyl (C=O) groups excluding carboxylic acids is 1. The second-order valence-corrected chi connectivity index (χ2v) is 7.27. The zero-order chi connectivity index (χ0) is 19.2. The molecule has 138 valence electrons. The van der Waals surface area contributed by atoms with E-state index in [2.05, 4.69) is 15.8 Å². The average molecular weight is 418 g/mol. The molecule has 0 atom stereocenters. The van der Waals surface area contributed by atoms with Crippen LogP contribution in [0.15, 0.2) is 53.6 Å². The lowest BCUT2D eigenvalue weighted by atomic mass is 10.2. The molecule has 3 aromatic rings. The Hall–Kier alpha value is -2.48. The largest absolute Gasteiger partial charge is 0.422 e. The summed E-state index contributed by atoms with van der Waals surface area (Å²) in [7, 11) is 0. The van der Waals surface area contributed by atoms with Crippen LogP contribution in [-0.2, 0) is 0 Å². The van der Waals surface area contributed by atoms with Crippen molar-refractivity contribution in [3.8, 4) is 5.75 Å². The van der Waals surface area contributed by atoms with E-state index in [9.17, 15) is 4.79 Å². The molecule has 27 heavy (non-hydrogen) atoms. The Balaban J connectivity index is 1.71. The summed E-state index contributed by atoms with van der Waals surface area (Å²) in [4.78, 5) is 12.9. The van der Waals surface area contributed by atoms with Crippen molar-refractivity contribution < 1.29 is 9.53 Å². The maximum absolute atomic E-state index is 12.5. The number of nitrogens with one attached hydrogen (secondary N) is 2. The van der Waals surface area contributed by atoms with Gasteiger partial charge in [-0.2, -0.15) is 5.10 Å². The first kappa shape index (κ1) is 19.3. The van der Waals surface area contributed by atoms with Gasteiger partial charge in [0.15, 0.2) is 5.11 Å². The van der Waals surface area contributed by atoms with E-state index < -0.39 is 5.97 Å². The molecule has 0 unspecified atom stereocenters. The Morgan fingerprint density at radius 1 is 1.30 bits per heavy atom. The summed E-state index contributed by atoms with van der Waals surface area (Å²) in [6.07, 6.45) is 1.59. The third kappa shape index (κ3) is 4.82. The fourth-order valence-corrected chi connectivity index (χ4v) is 3.90. The van der Waals surface area contributed by atoms with Gasteiger partial charge >= 0.3 is 5.97 Å². The third-order valence-corrected chi connectivity index (χ3v) is 5.40. The maximum atomic E-state index is 12.5. The number of hydrogen-bond donors (Lipinski definition) is 2. The number of esters is 1. The number of halogens is 1. The van der Waals surface area contributed by atoms with Crippen LogP contribution in [0.25, 0.3) is 10.1 Å². The lowest BCUT2D eigenvalue weighted by Gasteiger charge is -2.05. The standard InChI is InChI=1S/C19H16ClN3O2S2/c1-2-21-19(26)23-22-11-12-6-5-7-13(10-12)25-18(24)17-16(20)14-8-3-4-9-15(14)27-17/h3-11H,2H2,1H3,(H2,21,23,26)/b22-11-. The van der Waals surface area contributed by atoms with E-state index in [1.54, 1.807) is 24.4 Å². The fraction of sp³-hybridized carbons (Fsp3) is 0.105. The molecule has 0 saturated heterocycles. The molecule has 1 heterocycles. The monoisotopic (exact) mass is 417 g/mol. The minimum absolute atomic E-state index is 0.384. The lowest BCUT2D eigenvalue weighted by molar-refractivity contribution is 0.0740. The van der Waals surface area contributed by atoms with Gasteiger partial charge in [-0.05, 0) is 42.9 Å². The Labute approximate surface area is 171 Å². The van der Waals surface area contributed by atoms with E-state index in [1.807, 2.05) is 37.3 Å². The summed E-state index contributed by atoms with van der Waals surface area (Å²) in [5.74, 6) is -0.0755. The number of hydrogen-bond acceptors (Lipinski definition) is 5. The summed E-state index contributed by atoms with van der Waals surface area (Å²) >= 11 is 12.7. The number of fused-ring (bicyclic) bond motifs is 1. The van der Waals surface area contributed by atoms with E-state index in [0.29, 0.717) is 27.3 Å². The van der Waals surface area contributed by atoms with Crippen molar-refractivity contribution >= 4 is 62.5 Å². The molecular formula is C19H16ClN3O2S2. The Kier molecular flexibility index (Phi) is 6.39. The van der Waals surface area contributed by atoms with Crippen molar-refractivity contribution in [2.75, 3.05) is 6.54 Å². The second kappa shape index (κ2) is 8.94. The van der Waals surface area contributed by atoms with Crippen LogP contribution in [-0.4, -0.2) is 23.8 Å². The number of thiophene rings is 1. The molecule has 2 N–H and O–H groups in total. The Bertz CT molecular complexity index is 1020. The van der Waals surface area contributed by atoms with Crippen LogP contribution >= 0.6 is 35.2 Å². The molecule has 0 spiro atoms. The topological polar surface area (TPSA) is 62.7 Å². The van der Waals surface area contributed by atoms with Gasteiger partial charge in [-0.25, -0.2) is 4.79 Å². The first-order valence-corrected chi connectivity index (χ1v) is 9.75. The van der Waals surface area contributed by atoms with Gasteiger partial charge in [0.2, 0.25) is 0 Å². The molecule has 8 heteroatoms. The molecule has 0 bridgehead atoms. The van der Waals surface area contributed by atoms with E-state index >= 15 is 0 Å². The quantitative estimate of drug-likeness (QED) is 0.209. The summed E-state index contributed by atoms with van der Waals surface area (Å²) in [6, 6.07) is 14.6. The minimum atomic E-state index is -0.485. The van der Waals surface area contributed by atoms with Crippen molar-refractivity contribution in [1.29, 1.82) is 0 Å². The number of ether oxygens (including phenoxy) is 1. The van der Waals surface area contributed by atoms with Crippen molar-refractivity contribution in [2.24, 2.45) is 5.10 Å². The Morgan fingerprint density at radius 3 is 2.89 bits per heavy atom. The van der Waals surface area contributed by atoms with Crippen LogP contribution in [0.4, 0.5) is 0 Å². The predicted octanol–water partition coefficient (Wildman–Crippen LogP) is 4.59. The molecule has 3 rings (SSSR count). The highest BCUT2D eigenvalue weighted by Gasteiger charge is 2.18. The van der Waals surface area contributed by atoms with Crippen molar-refractivity contribution in [3.63, 3.8) is 0 Å². The summed E-state index contributed by atoms with van der Waals surface area (Å²) in [6.45, 7) is 2.66. The van der Waals surface area contributed by atoms with Gasteiger partial charge in [0.1, 0.15) is 10.6 Å². The number of rotatable bonds is 5. The molecule has 5 nitrogen and oxygen atoms in total. The molecule has 0 aliphatic carbocycles. The Morgan fingerprint density at radius 2 is 2.11 bits per heavy atom. The molecule has 2 aromatic carbocycles. The maximum Gasteiger partial charge on any atom is 0.355 e. The number of benzene rings is 2. The van der Waals surface area contributed by atoms with Gasteiger partial charge in [0.25, 0.3) is 0 Å². The fourth-order valence-electron chi connectivity index (χ4n) is 2.32. The van der Waals surface area contributed by atoms with E-state index in [0.717, 1.165) is 15.6 Å². The van der Waals surface area contributed by atoms with Crippen LogP contribution in [0.2, 0.25) is 5.02 Å². The number of nitrogens with zero attached hydrogens (tertiary/aromatic N) is 1. The highest BCUT2D eigenvalue weighted by atomic mass is 35.5. The summed E-state index contributed by atoms with van der Waals surface area (Å²) < 4.78 is 6.43. The number of carbonyl (C=O) groups is 1. The van der Waals surface area contributed by atoms with E-state index in [-0.39, 0.29) is 0 Å². The SMILES string of the molecule is CCNC(=S)N/N=C\c1cccc(OC(=O)c2sc3ccccc3c2Cl)c1. The van der Waals surface area contributed by atoms with Crippen LogP contribution in [0, 0.1) is 0 Å². The van der Waals surface area contributed by atoms with Gasteiger partial charge in [0, 0.05) is 16.6 Å². The minimum Gasteiger partial charge on any atom is -0.422 e. The van der Waals surface area contributed by atoms with Crippen molar-refractivity contribution in [3.05, 3.63) is 64.0 Å². The van der Waals surface area contributed by atoms with Crippen molar-refractivity contribution in [2.45, 2.75) is 6.92 Å². The number of thiocarbonyl (C=S) groups is 1. The molecule has 1 aromatic heterocycles. The molecular weight excluding hydrogens is 402 g/mol. The van der Waals surface area contributed by atoms with Gasteiger partial charge < -0.3 is 10.1 Å². The van der Waals surface area contributed by atoms with Gasteiger partial charge in [0.05, 0.1) is 11.2 Å². The van der Waals surface area contributed by atoms with E-state index in [1.165, 1.54) is 11.3 Å². The molecule has 0 amide bonds. The highest BCUT2D eigenvalue weighted by molar-refractivity contribution is 7.80. The van der Waals surface area contributed by atoms with E-state index in [4.69, 9.17) is 28.6 Å². The van der Waals surface area contributed by atoms with Gasteiger partial charge in [-0.1, -0.05) is 41.9 Å². The molecule has 0 aliphatic heterocycles. The number of hydrazone groups is 1. The molecule has 0 aliphatic rings. The molecule has 0 fully saturated rings. The summed E-state index contributed by atoms with van der Waals surface area (Å²) in [5, 5.41) is 8.68. The van der Waals surface area contributed by atoms with Crippen LogP contribution < -0.4 is 15.5 Å². The molecule has 0 saturated carbocycles. The molecule has 0 radical (unpaired) electrons. The zero-order valence-electron chi connectivity index (χ0n) is 14.4. The van der Waals surface area contributed by atoms with Crippen LogP contribution in [0.5, 0.6) is 5.75 Å². The zero-order valence-corrected chi connectivity index (χ0v) is 16.8. The van der Waals surface area contributed by atoms with Crippen molar-refractivity contribution in [1.82, 2.24) is 10.7 Å². The van der Waals surface area contributed by atoms with Crippen LogP contribution in [0.1, 0.15) is 22.2 Å². The normalized spacial score (nSPS) is 10.9. The second-order valence-electron chi connectivity index (χ2n) is 5.43. The van der Waals surface area contributed by atoms with Crippen LogP contribution in [0.3, 0.4) is 0 Å². The first-order chi connectivity index (χ1) is 13.1. The van der Waals surface area contributed by atoms with Gasteiger partial charge in [-0.3, -0.25) is 5.43 Å².